The van der Waals surface area contributed by atoms with Crippen LogP contribution >= 0.6 is 11.6 Å². The number of nitrogens with zero attached hydrogens (tertiary/aromatic N) is 4. The number of hydrogen-bond donors (Lipinski definition) is 1. The minimum Gasteiger partial charge on any atom is -0.280 e. The number of sulfonamides is 1. The lowest BCUT2D eigenvalue weighted by molar-refractivity contribution is 0.601. The van der Waals surface area contributed by atoms with E-state index in [0.717, 1.165) is 0 Å². The minimum atomic E-state index is -3.71. The zero-order chi connectivity index (χ0) is 15.6. The molecule has 0 aliphatic rings. The molecule has 0 spiro atoms. The number of aromatic nitrogens is 4. The molecule has 0 bridgehead atoms. The van der Waals surface area contributed by atoms with Gasteiger partial charge in [-0.1, -0.05) is 17.7 Å². The molecule has 0 amide bonds. The predicted molar refractivity (Wildman–Crippen MR) is 81.4 cm³/mol. The summed E-state index contributed by atoms with van der Waals surface area (Å²) in [7, 11) is -3.71. The lowest BCUT2D eigenvalue weighted by Crippen LogP contribution is -2.13. The first-order valence-electron chi connectivity index (χ1n) is 6.16. The van der Waals surface area contributed by atoms with Crippen molar-refractivity contribution in [1.82, 2.24) is 20.2 Å². The second-order valence-corrected chi connectivity index (χ2v) is 6.48. The molecule has 0 saturated carbocycles. The lowest BCUT2D eigenvalue weighted by Gasteiger charge is -2.09. The van der Waals surface area contributed by atoms with E-state index in [9.17, 15) is 8.42 Å². The minimum absolute atomic E-state index is 0.107. The molecular formula is C13H10ClN5O2S. The Morgan fingerprint density at radius 1 is 1.09 bits per heavy atom. The topological polar surface area (TPSA) is 89.8 Å². The summed E-state index contributed by atoms with van der Waals surface area (Å²) >= 11 is 5.78. The Balaban J connectivity index is 1.92. The number of rotatable bonds is 4. The Labute approximate surface area is 131 Å². The highest BCUT2D eigenvalue weighted by Crippen LogP contribution is 2.19. The zero-order valence-corrected chi connectivity index (χ0v) is 12.7. The maximum atomic E-state index is 12.4. The maximum Gasteiger partial charge on any atom is 0.261 e. The van der Waals surface area contributed by atoms with Crippen LogP contribution in [0.1, 0.15) is 0 Å². The molecule has 0 atom stereocenters. The number of hydrogen-bond acceptors (Lipinski definition) is 5. The van der Waals surface area contributed by atoms with E-state index in [-0.39, 0.29) is 4.90 Å². The Morgan fingerprint density at radius 2 is 1.86 bits per heavy atom. The summed E-state index contributed by atoms with van der Waals surface area (Å²) in [6.07, 6.45) is 1.39. The molecule has 0 fully saturated rings. The van der Waals surface area contributed by atoms with Crippen LogP contribution in [0.5, 0.6) is 0 Å². The van der Waals surface area contributed by atoms with E-state index in [1.54, 1.807) is 36.4 Å². The van der Waals surface area contributed by atoms with Gasteiger partial charge < -0.3 is 0 Å². The third-order valence-corrected chi connectivity index (χ3v) is 4.47. The molecular weight excluding hydrogens is 326 g/mol. The van der Waals surface area contributed by atoms with Crippen LogP contribution in [-0.4, -0.2) is 28.6 Å². The average molecular weight is 336 g/mol. The lowest BCUT2D eigenvalue weighted by atomic mass is 10.3. The molecule has 22 heavy (non-hydrogen) atoms. The molecule has 1 aromatic heterocycles. The molecule has 0 aliphatic carbocycles. The van der Waals surface area contributed by atoms with Crippen LogP contribution in [0.4, 0.5) is 5.69 Å². The van der Waals surface area contributed by atoms with Gasteiger partial charge in [0.05, 0.1) is 10.6 Å². The van der Waals surface area contributed by atoms with Crippen molar-refractivity contribution in [3.8, 4) is 5.69 Å². The fraction of sp³-hybridized carbons (Fsp3) is 0. The van der Waals surface area contributed by atoms with Gasteiger partial charge in [0.15, 0.2) is 0 Å². The van der Waals surface area contributed by atoms with E-state index in [1.807, 2.05) is 0 Å². The quantitative estimate of drug-likeness (QED) is 0.788. The smallest absolute Gasteiger partial charge is 0.261 e. The number of tetrazole rings is 1. The highest BCUT2D eigenvalue weighted by atomic mass is 35.5. The van der Waals surface area contributed by atoms with Crippen molar-refractivity contribution in [2.75, 3.05) is 4.72 Å². The number of benzene rings is 2. The summed E-state index contributed by atoms with van der Waals surface area (Å²) in [5, 5.41) is 11.3. The van der Waals surface area contributed by atoms with E-state index in [2.05, 4.69) is 20.2 Å². The number of halogens is 1. The maximum absolute atomic E-state index is 12.4. The van der Waals surface area contributed by atoms with Gasteiger partial charge in [-0.15, -0.1) is 5.10 Å². The summed E-state index contributed by atoms with van der Waals surface area (Å²) in [5.41, 5.74) is 0.973. The van der Waals surface area contributed by atoms with Crippen LogP contribution in [0.3, 0.4) is 0 Å². The molecule has 2 aromatic carbocycles. The van der Waals surface area contributed by atoms with Gasteiger partial charge in [-0.05, 0) is 52.9 Å². The van der Waals surface area contributed by atoms with Gasteiger partial charge >= 0.3 is 0 Å². The first kappa shape index (κ1) is 14.5. The first-order chi connectivity index (χ1) is 10.5. The number of anilines is 1. The zero-order valence-electron chi connectivity index (χ0n) is 11.1. The van der Waals surface area contributed by atoms with Crippen LogP contribution in [-0.2, 0) is 10.0 Å². The predicted octanol–water partition coefficient (Wildman–Crippen LogP) is 2.12. The SMILES string of the molecule is O=S(=O)(Nc1ccc(Cl)cc1)c1cccc(-n2cnnn2)c1. The van der Waals surface area contributed by atoms with Crippen molar-refractivity contribution >= 4 is 27.3 Å². The second kappa shape index (κ2) is 5.74. The fourth-order valence-electron chi connectivity index (χ4n) is 1.80. The van der Waals surface area contributed by atoms with E-state index in [1.165, 1.54) is 23.1 Å². The van der Waals surface area contributed by atoms with Gasteiger partial charge in [0.25, 0.3) is 10.0 Å². The average Bonchev–Trinajstić information content (AvgIpc) is 3.04. The summed E-state index contributed by atoms with van der Waals surface area (Å²) < 4.78 is 28.7. The Morgan fingerprint density at radius 3 is 2.55 bits per heavy atom. The van der Waals surface area contributed by atoms with E-state index >= 15 is 0 Å². The van der Waals surface area contributed by atoms with Gasteiger partial charge in [-0.3, -0.25) is 4.72 Å². The standard InChI is InChI=1S/C13H10ClN5O2S/c14-10-4-6-11(7-5-10)16-22(20,21)13-3-1-2-12(8-13)19-9-15-17-18-19/h1-9,16H. The summed E-state index contributed by atoms with van der Waals surface area (Å²) in [6, 6.07) is 12.7. The van der Waals surface area contributed by atoms with Gasteiger partial charge in [-0.2, -0.15) is 0 Å². The van der Waals surface area contributed by atoms with Gasteiger partial charge in [-0.25, -0.2) is 13.1 Å². The Bertz CT molecular complexity index is 879. The molecule has 3 aromatic rings. The molecule has 0 aliphatic heterocycles. The van der Waals surface area contributed by atoms with Crippen LogP contribution in [0.2, 0.25) is 5.02 Å². The van der Waals surface area contributed by atoms with Gasteiger partial charge in [0, 0.05) is 10.7 Å². The molecule has 112 valence electrons. The summed E-state index contributed by atoms with van der Waals surface area (Å²) in [5.74, 6) is 0. The van der Waals surface area contributed by atoms with Crippen LogP contribution in [0.15, 0.2) is 59.8 Å². The third kappa shape index (κ3) is 3.07. The molecule has 0 radical (unpaired) electrons. The highest BCUT2D eigenvalue weighted by Gasteiger charge is 2.15. The number of nitrogens with one attached hydrogen (secondary N) is 1. The van der Waals surface area contributed by atoms with Crippen molar-refractivity contribution in [1.29, 1.82) is 0 Å². The summed E-state index contributed by atoms with van der Waals surface area (Å²) in [6.45, 7) is 0. The second-order valence-electron chi connectivity index (χ2n) is 4.36. The molecule has 9 heteroatoms. The molecule has 1 N–H and O–H groups in total. The molecule has 1 heterocycles. The van der Waals surface area contributed by atoms with Crippen LogP contribution < -0.4 is 4.72 Å². The monoisotopic (exact) mass is 335 g/mol. The van der Waals surface area contributed by atoms with E-state index in [0.29, 0.717) is 16.4 Å². The first-order valence-corrected chi connectivity index (χ1v) is 8.02. The van der Waals surface area contributed by atoms with Crippen molar-refractivity contribution in [2.45, 2.75) is 4.90 Å². The van der Waals surface area contributed by atoms with Crippen molar-refractivity contribution in [3.63, 3.8) is 0 Å². The molecule has 0 unspecified atom stereocenters. The fourth-order valence-corrected chi connectivity index (χ4v) is 3.03. The Kier molecular flexibility index (Phi) is 3.78. The normalized spacial score (nSPS) is 11.3. The van der Waals surface area contributed by atoms with Crippen LogP contribution in [0, 0.1) is 0 Å². The van der Waals surface area contributed by atoms with Gasteiger partial charge in [0.2, 0.25) is 0 Å². The van der Waals surface area contributed by atoms with Crippen LogP contribution in [0.25, 0.3) is 5.69 Å². The van der Waals surface area contributed by atoms with Crippen molar-refractivity contribution in [3.05, 3.63) is 59.9 Å². The van der Waals surface area contributed by atoms with E-state index < -0.39 is 10.0 Å². The molecule has 3 rings (SSSR count). The van der Waals surface area contributed by atoms with Crippen molar-refractivity contribution < 1.29 is 8.42 Å². The summed E-state index contributed by atoms with van der Waals surface area (Å²) in [4.78, 5) is 0.107. The largest absolute Gasteiger partial charge is 0.280 e. The molecule has 7 nitrogen and oxygen atoms in total. The van der Waals surface area contributed by atoms with E-state index in [4.69, 9.17) is 11.6 Å². The molecule has 0 saturated heterocycles. The van der Waals surface area contributed by atoms with Gasteiger partial charge in [0.1, 0.15) is 6.33 Å². The third-order valence-electron chi connectivity index (χ3n) is 2.84. The highest BCUT2D eigenvalue weighted by molar-refractivity contribution is 7.92. The van der Waals surface area contributed by atoms with Crippen molar-refractivity contribution in [2.24, 2.45) is 0 Å². The Hall–Kier alpha value is -2.45.